The van der Waals surface area contributed by atoms with Crippen LogP contribution in [0.3, 0.4) is 0 Å². The molecule has 1 aromatic rings. The van der Waals surface area contributed by atoms with Gasteiger partial charge in [-0.2, -0.15) is 0 Å². The molecule has 23 heavy (non-hydrogen) atoms. The van der Waals surface area contributed by atoms with E-state index in [1.165, 1.54) is 18.8 Å². The minimum Gasteiger partial charge on any atom is -0.451 e. The number of carbonyl (C=O) groups excluding carboxylic acids is 3. The van der Waals surface area contributed by atoms with Crippen molar-refractivity contribution in [3.05, 3.63) is 18.1 Å². The average Bonchev–Trinajstić information content (AvgIpc) is 2.54. The summed E-state index contributed by atoms with van der Waals surface area (Å²) in [5, 5.41) is 4.84. The molecule has 1 heterocycles. The van der Waals surface area contributed by atoms with Crippen molar-refractivity contribution >= 4 is 23.7 Å². The fourth-order valence-corrected chi connectivity index (χ4v) is 2.34. The quantitative estimate of drug-likeness (QED) is 0.681. The smallest absolute Gasteiger partial charge is 0.361 e. The molecule has 9 heteroatoms. The number of esters is 1. The molecule has 1 saturated carbocycles. The Labute approximate surface area is 133 Å². The number of rotatable bonds is 4. The number of nitrogen functional groups attached to an aromatic ring is 1. The zero-order valence-electron chi connectivity index (χ0n) is 12.6. The second kappa shape index (κ2) is 8.06. The molecule has 0 saturated heterocycles. The van der Waals surface area contributed by atoms with Gasteiger partial charge in [-0.25, -0.2) is 19.6 Å². The summed E-state index contributed by atoms with van der Waals surface area (Å²) in [5.74, 6) is -1.69. The molecule has 1 aliphatic carbocycles. The Kier molecular flexibility index (Phi) is 5.84. The van der Waals surface area contributed by atoms with Gasteiger partial charge in [0.1, 0.15) is 0 Å². The summed E-state index contributed by atoms with van der Waals surface area (Å²) >= 11 is 0. The van der Waals surface area contributed by atoms with E-state index in [-0.39, 0.29) is 17.6 Å². The lowest BCUT2D eigenvalue weighted by Gasteiger charge is -2.22. The van der Waals surface area contributed by atoms with Crippen LogP contribution in [0.25, 0.3) is 0 Å². The summed E-state index contributed by atoms with van der Waals surface area (Å²) < 4.78 is 4.75. The van der Waals surface area contributed by atoms with Crippen LogP contribution in [0.4, 0.5) is 10.6 Å². The van der Waals surface area contributed by atoms with Gasteiger partial charge in [-0.15, -0.1) is 0 Å². The van der Waals surface area contributed by atoms with Crippen LogP contribution in [-0.4, -0.2) is 40.5 Å². The predicted octanol–water partition coefficient (Wildman–Crippen LogP) is 0.374. The van der Waals surface area contributed by atoms with Gasteiger partial charge in [-0.1, -0.05) is 19.3 Å². The maximum atomic E-state index is 11.7. The highest BCUT2D eigenvalue weighted by molar-refractivity contribution is 5.97. The highest BCUT2D eigenvalue weighted by atomic mass is 16.5. The first-order valence-electron chi connectivity index (χ1n) is 7.40. The van der Waals surface area contributed by atoms with Gasteiger partial charge in [0.25, 0.3) is 5.91 Å². The molecular formula is C14H19N5O4. The Morgan fingerprint density at radius 2 is 1.87 bits per heavy atom. The maximum absolute atomic E-state index is 11.7. The van der Waals surface area contributed by atoms with Crippen molar-refractivity contribution in [2.24, 2.45) is 0 Å². The Morgan fingerprint density at radius 1 is 1.17 bits per heavy atom. The predicted molar refractivity (Wildman–Crippen MR) is 80.3 cm³/mol. The maximum Gasteiger partial charge on any atom is 0.361 e. The van der Waals surface area contributed by atoms with E-state index in [2.05, 4.69) is 20.6 Å². The van der Waals surface area contributed by atoms with Crippen LogP contribution in [0, 0.1) is 0 Å². The van der Waals surface area contributed by atoms with Crippen LogP contribution in [0.1, 0.15) is 42.6 Å². The summed E-state index contributed by atoms with van der Waals surface area (Å²) in [7, 11) is 0. The van der Waals surface area contributed by atoms with Crippen LogP contribution >= 0.6 is 0 Å². The lowest BCUT2D eigenvalue weighted by molar-refractivity contribution is -0.123. The van der Waals surface area contributed by atoms with Crippen LogP contribution in [0.15, 0.2) is 12.4 Å². The molecule has 9 nitrogen and oxygen atoms in total. The van der Waals surface area contributed by atoms with E-state index in [4.69, 9.17) is 10.5 Å². The lowest BCUT2D eigenvalue weighted by atomic mass is 9.96. The number of hydrogen-bond donors (Lipinski definition) is 3. The number of amides is 3. The molecule has 1 aliphatic rings. The summed E-state index contributed by atoms with van der Waals surface area (Å²) in [6, 6.07) is -0.504. The Morgan fingerprint density at radius 3 is 2.57 bits per heavy atom. The van der Waals surface area contributed by atoms with Crippen LogP contribution in [-0.2, 0) is 9.53 Å². The van der Waals surface area contributed by atoms with Gasteiger partial charge in [-0.05, 0) is 12.8 Å². The SMILES string of the molecule is Nc1nccnc1C(=O)OCC(=O)NC(=O)NC1CCCCC1. The van der Waals surface area contributed by atoms with Gasteiger partial charge in [0.2, 0.25) is 0 Å². The highest BCUT2D eigenvalue weighted by Gasteiger charge is 2.19. The first-order chi connectivity index (χ1) is 11.1. The zero-order valence-corrected chi connectivity index (χ0v) is 12.6. The second-order valence-corrected chi connectivity index (χ2v) is 5.22. The molecule has 124 valence electrons. The molecule has 2 rings (SSSR count). The molecule has 0 unspecified atom stereocenters. The number of anilines is 1. The number of ether oxygens (including phenoxy) is 1. The summed E-state index contributed by atoms with van der Waals surface area (Å²) in [4.78, 5) is 42.4. The molecular weight excluding hydrogens is 302 g/mol. The van der Waals surface area contributed by atoms with Gasteiger partial charge in [-0.3, -0.25) is 10.1 Å². The van der Waals surface area contributed by atoms with E-state index >= 15 is 0 Å². The van der Waals surface area contributed by atoms with Gasteiger partial charge >= 0.3 is 12.0 Å². The topological polar surface area (TPSA) is 136 Å². The van der Waals surface area contributed by atoms with E-state index in [1.54, 1.807) is 0 Å². The van der Waals surface area contributed by atoms with E-state index in [1.807, 2.05) is 0 Å². The van der Waals surface area contributed by atoms with Crippen LogP contribution in [0.5, 0.6) is 0 Å². The monoisotopic (exact) mass is 321 g/mol. The second-order valence-electron chi connectivity index (χ2n) is 5.22. The molecule has 1 aromatic heterocycles. The van der Waals surface area contributed by atoms with E-state index in [0.29, 0.717) is 0 Å². The highest BCUT2D eigenvalue weighted by Crippen LogP contribution is 2.17. The summed E-state index contributed by atoms with van der Waals surface area (Å²) in [5.41, 5.74) is 5.30. The van der Waals surface area contributed by atoms with Crippen molar-refractivity contribution in [1.82, 2.24) is 20.6 Å². The molecule has 0 atom stereocenters. The van der Waals surface area contributed by atoms with Gasteiger partial charge in [0, 0.05) is 18.4 Å². The van der Waals surface area contributed by atoms with Crippen molar-refractivity contribution < 1.29 is 19.1 Å². The third-order valence-electron chi connectivity index (χ3n) is 3.45. The molecule has 3 amide bonds. The fraction of sp³-hybridized carbons (Fsp3) is 0.500. The molecule has 4 N–H and O–H groups in total. The van der Waals surface area contributed by atoms with Crippen molar-refractivity contribution in [3.63, 3.8) is 0 Å². The minimum atomic E-state index is -0.876. The Bertz CT molecular complexity index is 586. The molecule has 0 aromatic carbocycles. The van der Waals surface area contributed by atoms with E-state index in [0.717, 1.165) is 25.7 Å². The Hall–Kier alpha value is -2.71. The number of nitrogens with zero attached hydrogens (tertiary/aromatic N) is 2. The number of hydrogen-bond acceptors (Lipinski definition) is 7. The first kappa shape index (κ1) is 16.7. The molecule has 1 fully saturated rings. The van der Waals surface area contributed by atoms with Gasteiger partial charge in [0.15, 0.2) is 18.1 Å². The largest absolute Gasteiger partial charge is 0.451 e. The Balaban J connectivity index is 1.73. The van der Waals surface area contributed by atoms with Crippen LogP contribution < -0.4 is 16.4 Å². The molecule has 0 radical (unpaired) electrons. The first-order valence-corrected chi connectivity index (χ1v) is 7.40. The third kappa shape index (κ3) is 5.20. The number of carbonyl (C=O) groups is 3. The van der Waals surface area contributed by atoms with Crippen LogP contribution in [0.2, 0.25) is 0 Å². The van der Waals surface area contributed by atoms with Gasteiger partial charge < -0.3 is 15.8 Å². The molecule has 0 spiro atoms. The molecule has 0 bridgehead atoms. The summed E-state index contributed by atoms with van der Waals surface area (Å²) in [6.07, 6.45) is 7.72. The minimum absolute atomic E-state index is 0.0819. The van der Waals surface area contributed by atoms with E-state index < -0.39 is 24.5 Å². The number of imide groups is 1. The third-order valence-corrected chi connectivity index (χ3v) is 3.45. The zero-order chi connectivity index (χ0) is 16.7. The average molecular weight is 321 g/mol. The number of urea groups is 1. The number of nitrogens with one attached hydrogen (secondary N) is 2. The van der Waals surface area contributed by atoms with E-state index in [9.17, 15) is 14.4 Å². The van der Waals surface area contributed by atoms with Gasteiger partial charge in [0.05, 0.1) is 0 Å². The van der Waals surface area contributed by atoms with Crippen molar-refractivity contribution in [3.8, 4) is 0 Å². The lowest BCUT2D eigenvalue weighted by Crippen LogP contribution is -2.46. The standard InChI is InChI=1S/C14H19N5O4/c15-12-11(16-6-7-17-12)13(21)23-8-10(20)19-14(22)18-9-4-2-1-3-5-9/h6-7,9H,1-5,8H2,(H2,15,17)(H2,18,19,20,22). The van der Waals surface area contributed by atoms with Crippen molar-refractivity contribution in [1.29, 1.82) is 0 Å². The number of nitrogens with two attached hydrogens (primary N) is 1. The number of aromatic nitrogens is 2. The fourth-order valence-electron chi connectivity index (χ4n) is 2.34. The van der Waals surface area contributed by atoms with Crippen molar-refractivity contribution in [2.75, 3.05) is 12.3 Å². The summed E-state index contributed by atoms with van der Waals surface area (Å²) in [6.45, 7) is -0.604. The molecule has 0 aliphatic heterocycles. The van der Waals surface area contributed by atoms with Crippen molar-refractivity contribution in [2.45, 2.75) is 38.1 Å². The normalized spacial score (nSPS) is 14.8.